The highest BCUT2D eigenvalue weighted by Crippen LogP contribution is 2.18. The highest BCUT2D eigenvalue weighted by atomic mass is 19.4. The van der Waals surface area contributed by atoms with Crippen LogP contribution in [0.4, 0.5) is 13.2 Å². The molecule has 0 fully saturated rings. The first kappa shape index (κ1) is 13.3. The second kappa shape index (κ2) is 5.51. The molecule has 17 heavy (non-hydrogen) atoms. The fourth-order valence-corrected chi connectivity index (χ4v) is 1.10. The quantitative estimate of drug-likeness (QED) is 0.867. The minimum Gasteiger partial charge on any atom is -0.482 e. The fourth-order valence-electron chi connectivity index (χ4n) is 1.10. The first-order chi connectivity index (χ1) is 7.87. The lowest BCUT2D eigenvalue weighted by atomic mass is 10.1. The smallest absolute Gasteiger partial charge is 0.422 e. The molecule has 0 amide bonds. The van der Waals surface area contributed by atoms with Crippen LogP contribution in [0.5, 0.6) is 5.75 Å². The second-order valence-corrected chi connectivity index (χ2v) is 3.33. The molecule has 1 aromatic rings. The molecular weight excluding hydrogens is 239 g/mol. The maximum atomic E-state index is 11.9. The van der Waals surface area contributed by atoms with Gasteiger partial charge in [0, 0.05) is 12.6 Å². The van der Waals surface area contributed by atoms with Crippen molar-refractivity contribution in [3.63, 3.8) is 0 Å². The zero-order chi connectivity index (χ0) is 12.9. The van der Waals surface area contributed by atoms with Crippen LogP contribution in [0.15, 0.2) is 18.5 Å². The number of ether oxygens (including phenoxy) is 1. The summed E-state index contributed by atoms with van der Waals surface area (Å²) in [6.07, 6.45) is -1.77. The van der Waals surface area contributed by atoms with Crippen LogP contribution in [-0.2, 0) is 11.2 Å². The summed E-state index contributed by atoms with van der Waals surface area (Å²) in [5.74, 6) is -1.00. The molecular formula is C10H10F3NO3. The lowest BCUT2D eigenvalue weighted by Crippen LogP contribution is -2.19. The Hall–Kier alpha value is -1.79. The van der Waals surface area contributed by atoms with Crippen molar-refractivity contribution in [3.8, 4) is 5.75 Å². The first-order valence-corrected chi connectivity index (χ1v) is 4.72. The van der Waals surface area contributed by atoms with Crippen molar-refractivity contribution < 1.29 is 27.8 Å². The van der Waals surface area contributed by atoms with Crippen molar-refractivity contribution in [3.05, 3.63) is 24.0 Å². The third-order valence-corrected chi connectivity index (χ3v) is 1.80. The van der Waals surface area contributed by atoms with Crippen LogP contribution in [0.2, 0.25) is 0 Å². The molecule has 1 aromatic heterocycles. The highest BCUT2D eigenvalue weighted by Gasteiger charge is 2.28. The van der Waals surface area contributed by atoms with Crippen LogP contribution < -0.4 is 4.74 Å². The average molecular weight is 249 g/mol. The molecule has 7 heteroatoms. The minimum absolute atomic E-state index is 0.0230. The Morgan fingerprint density at radius 3 is 2.71 bits per heavy atom. The van der Waals surface area contributed by atoms with Crippen LogP contribution in [0, 0.1) is 0 Å². The number of hydrogen-bond donors (Lipinski definition) is 1. The number of nitrogens with zero attached hydrogens (tertiary/aromatic N) is 1. The van der Waals surface area contributed by atoms with Gasteiger partial charge in [-0.25, -0.2) is 0 Å². The molecule has 0 radical (unpaired) electrons. The summed E-state index contributed by atoms with van der Waals surface area (Å²) < 4.78 is 40.1. The van der Waals surface area contributed by atoms with Crippen molar-refractivity contribution in [1.82, 2.24) is 4.98 Å². The van der Waals surface area contributed by atoms with E-state index in [-0.39, 0.29) is 18.6 Å². The average Bonchev–Trinajstić information content (AvgIpc) is 2.23. The predicted molar refractivity (Wildman–Crippen MR) is 51.7 cm³/mol. The number of aryl methyl sites for hydroxylation is 1. The third-order valence-electron chi connectivity index (χ3n) is 1.80. The molecule has 0 saturated heterocycles. The van der Waals surface area contributed by atoms with Gasteiger partial charge in [-0.1, -0.05) is 0 Å². The van der Waals surface area contributed by atoms with E-state index in [4.69, 9.17) is 5.11 Å². The van der Waals surface area contributed by atoms with Gasteiger partial charge in [0.15, 0.2) is 6.61 Å². The number of carboxylic acids is 1. The van der Waals surface area contributed by atoms with Crippen molar-refractivity contribution in [2.75, 3.05) is 6.61 Å². The van der Waals surface area contributed by atoms with Crippen molar-refractivity contribution >= 4 is 5.97 Å². The number of rotatable bonds is 5. The van der Waals surface area contributed by atoms with Gasteiger partial charge in [0.05, 0.1) is 6.20 Å². The van der Waals surface area contributed by atoms with E-state index in [1.54, 1.807) is 0 Å². The van der Waals surface area contributed by atoms with E-state index in [0.29, 0.717) is 5.56 Å². The number of aliphatic carboxylic acids is 1. The summed E-state index contributed by atoms with van der Waals surface area (Å²) in [4.78, 5) is 14.0. The zero-order valence-electron chi connectivity index (χ0n) is 8.70. The van der Waals surface area contributed by atoms with E-state index in [1.807, 2.05) is 0 Å². The molecule has 0 bridgehead atoms. The fraction of sp³-hybridized carbons (Fsp3) is 0.400. The van der Waals surface area contributed by atoms with E-state index < -0.39 is 18.8 Å². The number of carboxylic acid groups (broad SMARTS) is 1. The van der Waals surface area contributed by atoms with Gasteiger partial charge < -0.3 is 9.84 Å². The van der Waals surface area contributed by atoms with Gasteiger partial charge in [0.1, 0.15) is 5.75 Å². The Kier molecular flexibility index (Phi) is 4.30. The van der Waals surface area contributed by atoms with Gasteiger partial charge in [-0.2, -0.15) is 13.2 Å². The molecule has 0 saturated carbocycles. The highest BCUT2D eigenvalue weighted by molar-refractivity contribution is 5.67. The molecule has 0 aliphatic rings. The number of pyridine rings is 1. The predicted octanol–water partition coefficient (Wildman–Crippen LogP) is 2.04. The van der Waals surface area contributed by atoms with Gasteiger partial charge in [-0.3, -0.25) is 9.78 Å². The van der Waals surface area contributed by atoms with Crippen LogP contribution >= 0.6 is 0 Å². The first-order valence-electron chi connectivity index (χ1n) is 4.72. The van der Waals surface area contributed by atoms with E-state index in [0.717, 1.165) is 6.20 Å². The second-order valence-electron chi connectivity index (χ2n) is 3.33. The van der Waals surface area contributed by atoms with Gasteiger partial charge in [0.25, 0.3) is 0 Å². The topological polar surface area (TPSA) is 59.4 Å². The van der Waals surface area contributed by atoms with Gasteiger partial charge in [0.2, 0.25) is 0 Å². The number of carbonyl (C=O) groups is 1. The molecule has 4 nitrogen and oxygen atoms in total. The zero-order valence-corrected chi connectivity index (χ0v) is 8.70. The largest absolute Gasteiger partial charge is 0.482 e. The molecule has 0 unspecified atom stereocenters. The maximum Gasteiger partial charge on any atom is 0.422 e. The lowest BCUT2D eigenvalue weighted by molar-refractivity contribution is -0.153. The van der Waals surface area contributed by atoms with E-state index in [2.05, 4.69) is 9.72 Å². The number of hydrogen-bond acceptors (Lipinski definition) is 3. The van der Waals surface area contributed by atoms with Crippen LogP contribution in [0.3, 0.4) is 0 Å². The molecule has 0 aromatic carbocycles. The summed E-state index contributed by atoms with van der Waals surface area (Å²) in [6, 6.07) is 1.35. The minimum atomic E-state index is -4.41. The summed E-state index contributed by atoms with van der Waals surface area (Å²) in [5.41, 5.74) is 0.520. The number of aromatic nitrogens is 1. The molecule has 94 valence electrons. The van der Waals surface area contributed by atoms with Crippen LogP contribution in [0.25, 0.3) is 0 Å². The van der Waals surface area contributed by atoms with Crippen LogP contribution in [0.1, 0.15) is 12.0 Å². The van der Waals surface area contributed by atoms with E-state index >= 15 is 0 Å². The summed E-state index contributed by atoms with van der Waals surface area (Å²) in [6.45, 7) is -1.39. The molecule has 0 spiro atoms. The Morgan fingerprint density at radius 1 is 1.41 bits per heavy atom. The standard InChI is InChI=1S/C10H10F3NO3/c11-10(12,13)6-17-8-3-7(4-14-5-8)1-2-9(15)16/h3-5H,1-2,6H2,(H,15,16). The van der Waals surface area contributed by atoms with Crippen molar-refractivity contribution in [2.45, 2.75) is 19.0 Å². The summed E-state index contributed by atoms with van der Waals surface area (Å²) in [7, 11) is 0. The number of halogens is 3. The molecule has 1 N–H and O–H groups in total. The van der Waals surface area contributed by atoms with Gasteiger partial charge in [-0.15, -0.1) is 0 Å². The summed E-state index contributed by atoms with van der Waals surface area (Å²) >= 11 is 0. The molecule has 1 heterocycles. The maximum absolute atomic E-state index is 11.9. The third kappa shape index (κ3) is 5.74. The number of alkyl halides is 3. The summed E-state index contributed by atoms with van der Waals surface area (Å²) in [5, 5.41) is 8.45. The molecule has 0 aliphatic carbocycles. The van der Waals surface area contributed by atoms with Gasteiger partial charge >= 0.3 is 12.1 Å². The van der Waals surface area contributed by atoms with Gasteiger partial charge in [-0.05, 0) is 18.1 Å². The van der Waals surface area contributed by atoms with Crippen molar-refractivity contribution in [1.29, 1.82) is 0 Å². The Balaban J connectivity index is 2.56. The van der Waals surface area contributed by atoms with Crippen LogP contribution in [-0.4, -0.2) is 28.8 Å². The molecule has 0 aliphatic heterocycles. The lowest BCUT2D eigenvalue weighted by Gasteiger charge is -2.09. The normalized spacial score (nSPS) is 11.2. The molecule has 0 atom stereocenters. The van der Waals surface area contributed by atoms with E-state index in [9.17, 15) is 18.0 Å². The van der Waals surface area contributed by atoms with Crippen molar-refractivity contribution in [2.24, 2.45) is 0 Å². The van der Waals surface area contributed by atoms with E-state index in [1.165, 1.54) is 12.3 Å². The monoisotopic (exact) mass is 249 g/mol. The Bertz CT molecular complexity index is 393. The SMILES string of the molecule is O=C(O)CCc1cncc(OCC(F)(F)F)c1. The Labute approximate surface area is 95.0 Å². The Morgan fingerprint density at radius 2 is 2.12 bits per heavy atom. The molecule has 1 rings (SSSR count).